The van der Waals surface area contributed by atoms with E-state index in [1.807, 2.05) is 31.2 Å². The molecule has 7 heteroatoms. The molecular formula is C25H32Cl2N2O3. The average molecular weight is 479 g/mol. The molecule has 174 valence electrons. The van der Waals surface area contributed by atoms with Crippen molar-refractivity contribution in [3.63, 3.8) is 0 Å². The first-order valence-corrected chi connectivity index (χ1v) is 11.5. The van der Waals surface area contributed by atoms with Gasteiger partial charge in [0.1, 0.15) is 11.8 Å². The van der Waals surface area contributed by atoms with E-state index in [0.717, 1.165) is 6.42 Å². The Morgan fingerprint density at radius 2 is 1.66 bits per heavy atom. The normalized spacial score (nSPS) is 12.2. The standard InChI is InChI=1S/C25H32Cl2N2O3/c1-6-14-28-24(31)17(2)29(15-20-21(26)8-7-9-22(20)27)23(30)16-32-19-12-10-18(11-13-19)25(3,4)5/h7-13,17H,6,14-16H2,1-5H3,(H,28,31)/t17-/m1/s1. The van der Waals surface area contributed by atoms with Crippen molar-refractivity contribution in [2.75, 3.05) is 13.2 Å². The maximum atomic E-state index is 13.1. The average Bonchev–Trinajstić information content (AvgIpc) is 2.75. The minimum absolute atomic E-state index is 0.0284. The van der Waals surface area contributed by atoms with Crippen LogP contribution in [0.4, 0.5) is 0 Å². The summed E-state index contributed by atoms with van der Waals surface area (Å²) in [5.41, 5.74) is 1.79. The number of hydrogen-bond acceptors (Lipinski definition) is 3. The molecule has 0 fully saturated rings. The van der Waals surface area contributed by atoms with Crippen molar-refractivity contribution in [1.29, 1.82) is 0 Å². The summed E-state index contributed by atoms with van der Waals surface area (Å²) in [5, 5.41) is 3.72. The highest BCUT2D eigenvalue weighted by atomic mass is 35.5. The van der Waals surface area contributed by atoms with Gasteiger partial charge < -0.3 is 15.0 Å². The number of nitrogens with one attached hydrogen (secondary N) is 1. The van der Waals surface area contributed by atoms with Gasteiger partial charge in [-0.25, -0.2) is 0 Å². The van der Waals surface area contributed by atoms with Gasteiger partial charge in [0.2, 0.25) is 5.91 Å². The van der Waals surface area contributed by atoms with Crippen LogP contribution in [-0.2, 0) is 21.5 Å². The van der Waals surface area contributed by atoms with Crippen molar-refractivity contribution in [2.45, 2.75) is 59.0 Å². The Morgan fingerprint density at radius 3 is 2.19 bits per heavy atom. The van der Waals surface area contributed by atoms with Gasteiger partial charge in [-0.15, -0.1) is 0 Å². The topological polar surface area (TPSA) is 58.6 Å². The number of rotatable bonds is 9. The van der Waals surface area contributed by atoms with Crippen molar-refractivity contribution >= 4 is 35.0 Å². The number of carbonyl (C=O) groups is 2. The molecule has 0 aliphatic rings. The molecule has 0 saturated carbocycles. The molecule has 2 rings (SSSR count). The lowest BCUT2D eigenvalue weighted by atomic mass is 9.87. The predicted molar refractivity (Wildman–Crippen MR) is 130 cm³/mol. The van der Waals surface area contributed by atoms with Gasteiger partial charge in [-0.1, -0.05) is 69.1 Å². The summed E-state index contributed by atoms with van der Waals surface area (Å²) < 4.78 is 5.74. The third-order valence-corrected chi connectivity index (χ3v) is 5.90. The molecule has 2 aromatic rings. The highest BCUT2D eigenvalue weighted by molar-refractivity contribution is 6.36. The van der Waals surface area contributed by atoms with Crippen LogP contribution in [0.3, 0.4) is 0 Å². The van der Waals surface area contributed by atoms with Gasteiger partial charge in [-0.3, -0.25) is 9.59 Å². The summed E-state index contributed by atoms with van der Waals surface area (Å²) in [6.45, 7) is 10.5. The Kier molecular flexibility index (Phi) is 9.41. The van der Waals surface area contributed by atoms with Gasteiger partial charge in [0, 0.05) is 28.7 Å². The molecular weight excluding hydrogens is 447 g/mol. The molecule has 0 heterocycles. The monoisotopic (exact) mass is 478 g/mol. The molecule has 2 amide bonds. The molecule has 0 unspecified atom stereocenters. The summed E-state index contributed by atoms with van der Waals surface area (Å²) in [5.74, 6) is 0.0168. The van der Waals surface area contributed by atoms with E-state index in [9.17, 15) is 9.59 Å². The van der Waals surface area contributed by atoms with E-state index in [1.165, 1.54) is 10.5 Å². The summed E-state index contributed by atoms with van der Waals surface area (Å²) in [6.07, 6.45) is 0.802. The van der Waals surface area contributed by atoms with Gasteiger partial charge in [0.15, 0.2) is 6.61 Å². The Bertz CT molecular complexity index is 904. The maximum absolute atomic E-state index is 13.1. The predicted octanol–water partition coefficient (Wildman–Crippen LogP) is 5.61. The first-order valence-electron chi connectivity index (χ1n) is 10.8. The highest BCUT2D eigenvalue weighted by Crippen LogP contribution is 2.27. The number of halogens is 2. The molecule has 2 aromatic carbocycles. The second-order valence-electron chi connectivity index (χ2n) is 8.75. The van der Waals surface area contributed by atoms with Gasteiger partial charge in [-0.2, -0.15) is 0 Å². The fourth-order valence-corrected chi connectivity index (χ4v) is 3.63. The summed E-state index contributed by atoms with van der Waals surface area (Å²) in [6, 6.07) is 12.1. The van der Waals surface area contributed by atoms with Crippen molar-refractivity contribution < 1.29 is 14.3 Å². The van der Waals surface area contributed by atoms with E-state index < -0.39 is 6.04 Å². The minimum Gasteiger partial charge on any atom is -0.484 e. The van der Waals surface area contributed by atoms with Gasteiger partial charge in [0.25, 0.3) is 5.91 Å². The second-order valence-corrected chi connectivity index (χ2v) is 9.57. The van der Waals surface area contributed by atoms with E-state index in [0.29, 0.717) is 27.9 Å². The first-order chi connectivity index (χ1) is 15.0. The Morgan fingerprint density at radius 1 is 1.06 bits per heavy atom. The molecule has 0 aromatic heterocycles. The molecule has 0 spiro atoms. The SMILES string of the molecule is CCCNC(=O)[C@@H](C)N(Cc1c(Cl)cccc1Cl)C(=O)COc1ccc(C(C)(C)C)cc1. The first kappa shape index (κ1) is 26.0. The zero-order valence-electron chi connectivity index (χ0n) is 19.4. The quantitative estimate of drug-likeness (QED) is 0.509. The maximum Gasteiger partial charge on any atom is 0.261 e. The van der Waals surface area contributed by atoms with Crippen LogP contribution < -0.4 is 10.1 Å². The summed E-state index contributed by atoms with van der Waals surface area (Å²) in [7, 11) is 0. The second kappa shape index (κ2) is 11.6. The van der Waals surface area contributed by atoms with Crippen molar-refractivity contribution in [3.8, 4) is 5.75 Å². The molecule has 1 atom stereocenters. The van der Waals surface area contributed by atoms with Crippen molar-refractivity contribution in [2.24, 2.45) is 0 Å². The van der Waals surface area contributed by atoms with Crippen LogP contribution >= 0.6 is 23.2 Å². The van der Waals surface area contributed by atoms with E-state index in [4.69, 9.17) is 27.9 Å². The number of nitrogens with zero attached hydrogens (tertiary/aromatic N) is 1. The lowest BCUT2D eigenvalue weighted by Gasteiger charge is -2.29. The van der Waals surface area contributed by atoms with E-state index in [-0.39, 0.29) is 30.4 Å². The van der Waals surface area contributed by atoms with E-state index in [1.54, 1.807) is 25.1 Å². The minimum atomic E-state index is -0.715. The number of hydrogen-bond donors (Lipinski definition) is 1. The summed E-state index contributed by atoms with van der Waals surface area (Å²) >= 11 is 12.6. The molecule has 0 bridgehead atoms. The largest absolute Gasteiger partial charge is 0.484 e. The summed E-state index contributed by atoms with van der Waals surface area (Å²) in [4.78, 5) is 27.2. The zero-order valence-corrected chi connectivity index (χ0v) is 20.9. The Labute approximate surface area is 201 Å². The third kappa shape index (κ3) is 7.14. The fourth-order valence-electron chi connectivity index (χ4n) is 3.11. The lowest BCUT2D eigenvalue weighted by Crippen LogP contribution is -2.49. The molecule has 0 saturated heterocycles. The lowest BCUT2D eigenvalue weighted by molar-refractivity contribution is -0.142. The molecule has 0 radical (unpaired) electrons. The number of ether oxygens (including phenoxy) is 1. The van der Waals surface area contributed by atoms with Crippen molar-refractivity contribution in [3.05, 3.63) is 63.6 Å². The molecule has 1 N–H and O–H groups in total. The third-order valence-electron chi connectivity index (χ3n) is 5.19. The number of carbonyl (C=O) groups excluding carboxylic acids is 2. The highest BCUT2D eigenvalue weighted by Gasteiger charge is 2.27. The molecule has 0 aliphatic heterocycles. The number of amides is 2. The van der Waals surface area contributed by atoms with Crippen LogP contribution in [-0.4, -0.2) is 35.9 Å². The van der Waals surface area contributed by atoms with Gasteiger partial charge in [0.05, 0.1) is 0 Å². The van der Waals surface area contributed by atoms with Crippen LogP contribution in [0.5, 0.6) is 5.75 Å². The molecule has 0 aliphatic carbocycles. The van der Waals surface area contributed by atoms with Crippen LogP contribution in [0.25, 0.3) is 0 Å². The van der Waals surface area contributed by atoms with Crippen LogP contribution in [0, 0.1) is 0 Å². The zero-order chi connectivity index (χ0) is 23.9. The van der Waals surface area contributed by atoms with Gasteiger partial charge in [-0.05, 0) is 48.6 Å². The van der Waals surface area contributed by atoms with Crippen LogP contribution in [0.2, 0.25) is 10.0 Å². The van der Waals surface area contributed by atoms with Gasteiger partial charge >= 0.3 is 0 Å². The Balaban J connectivity index is 2.18. The van der Waals surface area contributed by atoms with Crippen molar-refractivity contribution in [1.82, 2.24) is 10.2 Å². The number of benzene rings is 2. The van der Waals surface area contributed by atoms with E-state index >= 15 is 0 Å². The molecule has 5 nitrogen and oxygen atoms in total. The van der Waals surface area contributed by atoms with E-state index in [2.05, 4.69) is 26.1 Å². The molecule has 32 heavy (non-hydrogen) atoms. The van der Waals surface area contributed by atoms with Crippen LogP contribution in [0.1, 0.15) is 52.2 Å². The Hall–Kier alpha value is -2.24. The fraction of sp³-hybridized carbons (Fsp3) is 0.440. The van der Waals surface area contributed by atoms with Crippen LogP contribution in [0.15, 0.2) is 42.5 Å². The smallest absolute Gasteiger partial charge is 0.261 e.